The van der Waals surface area contributed by atoms with Crippen molar-refractivity contribution in [2.75, 3.05) is 5.32 Å². The molecule has 0 aliphatic rings. The van der Waals surface area contributed by atoms with Crippen molar-refractivity contribution >= 4 is 5.95 Å². The van der Waals surface area contributed by atoms with Gasteiger partial charge in [0.25, 0.3) is 0 Å². The van der Waals surface area contributed by atoms with Gasteiger partial charge in [-0.05, 0) is 25.8 Å². The van der Waals surface area contributed by atoms with Crippen LogP contribution >= 0.6 is 0 Å². The summed E-state index contributed by atoms with van der Waals surface area (Å²) in [6.07, 6.45) is 4.84. The predicted octanol–water partition coefficient (Wildman–Crippen LogP) is 2.95. The van der Waals surface area contributed by atoms with Crippen molar-refractivity contribution in [2.24, 2.45) is 0 Å². The molecule has 0 bridgehead atoms. The Morgan fingerprint density at radius 2 is 2.06 bits per heavy atom. The van der Waals surface area contributed by atoms with Crippen LogP contribution < -0.4 is 5.32 Å². The summed E-state index contributed by atoms with van der Waals surface area (Å²) in [5.41, 5.74) is 1.35. The Hall–Kier alpha value is -1.77. The maximum Gasteiger partial charge on any atom is 0.202 e. The molecular weight excluding hydrogens is 210 g/mol. The molecule has 0 saturated carbocycles. The standard InChI is InChI=1S/C14H19N3/c1-3-17-10-9-15-14(17)16-12(2)11-13-7-5-4-6-8-13/h4-10,12H,3,11H2,1-2H3,(H,15,16). The first-order valence-corrected chi connectivity index (χ1v) is 6.11. The van der Waals surface area contributed by atoms with E-state index >= 15 is 0 Å². The number of benzene rings is 1. The lowest BCUT2D eigenvalue weighted by atomic mass is 10.1. The van der Waals surface area contributed by atoms with E-state index in [4.69, 9.17) is 0 Å². The molecule has 0 radical (unpaired) electrons. The number of aryl methyl sites for hydroxylation is 1. The fraction of sp³-hybridized carbons (Fsp3) is 0.357. The number of imidazole rings is 1. The fourth-order valence-electron chi connectivity index (χ4n) is 1.94. The second-order valence-corrected chi connectivity index (χ2v) is 4.27. The van der Waals surface area contributed by atoms with Crippen molar-refractivity contribution < 1.29 is 0 Å². The predicted molar refractivity (Wildman–Crippen MR) is 71.1 cm³/mol. The van der Waals surface area contributed by atoms with Gasteiger partial charge in [0.15, 0.2) is 0 Å². The highest BCUT2D eigenvalue weighted by Crippen LogP contribution is 2.09. The Bertz CT molecular complexity index is 448. The molecule has 1 heterocycles. The van der Waals surface area contributed by atoms with Gasteiger partial charge in [-0.1, -0.05) is 30.3 Å². The Balaban J connectivity index is 1.96. The Morgan fingerprint density at radius 3 is 2.76 bits per heavy atom. The van der Waals surface area contributed by atoms with Crippen LogP contribution in [0.15, 0.2) is 42.7 Å². The number of aromatic nitrogens is 2. The second-order valence-electron chi connectivity index (χ2n) is 4.27. The number of nitrogens with one attached hydrogen (secondary N) is 1. The Labute approximate surface area is 103 Å². The number of anilines is 1. The quantitative estimate of drug-likeness (QED) is 0.854. The molecule has 0 fully saturated rings. The lowest BCUT2D eigenvalue weighted by Crippen LogP contribution is -2.20. The fourth-order valence-corrected chi connectivity index (χ4v) is 1.94. The van der Waals surface area contributed by atoms with Gasteiger partial charge in [-0.3, -0.25) is 0 Å². The van der Waals surface area contributed by atoms with Crippen molar-refractivity contribution in [3.05, 3.63) is 48.3 Å². The van der Waals surface area contributed by atoms with Crippen molar-refractivity contribution in [1.29, 1.82) is 0 Å². The van der Waals surface area contributed by atoms with Crippen LogP contribution in [0.2, 0.25) is 0 Å². The molecule has 0 amide bonds. The van der Waals surface area contributed by atoms with Crippen LogP contribution in [-0.4, -0.2) is 15.6 Å². The average Bonchev–Trinajstić information content (AvgIpc) is 2.77. The van der Waals surface area contributed by atoms with E-state index in [2.05, 4.69) is 53.0 Å². The molecule has 1 atom stereocenters. The second kappa shape index (κ2) is 5.53. The highest BCUT2D eigenvalue weighted by atomic mass is 15.2. The van der Waals surface area contributed by atoms with Gasteiger partial charge in [-0.25, -0.2) is 4.98 Å². The minimum Gasteiger partial charge on any atom is -0.353 e. The maximum atomic E-state index is 4.32. The molecule has 1 N–H and O–H groups in total. The zero-order valence-electron chi connectivity index (χ0n) is 10.4. The van der Waals surface area contributed by atoms with Crippen LogP contribution in [0.5, 0.6) is 0 Å². The van der Waals surface area contributed by atoms with Crippen molar-refractivity contribution in [2.45, 2.75) is 32.9 Å². The zero-order valence-corrected chi connectivity index (χ0v) is 10.4. The average molecular weight is 229 g/mol. The van der Waals surface area contributed by atoms with Crippen LogP contribution in [0.1, 0.15) is 19.4 Å². The molecule has 0 spiro atoms. The molecule has 0 saturated heterocycles. The van der Waals surface area contributed by atoms with E-state index in [-0.39, 0.29) is 0 Å². The van der Waals surface area contributed by atoms with E-state index in [0.29, 0.717) is 6.04 Å². The van der Waals surface area contributed by atoms with Crippen molar-refractivity contribution in [3.8, 4) is 0 Å². The number of rotatable bonds is 5. The van der Waals surface area contributed by atoms with Crippen molar-refractivity contribution in [3.63, 3.8) is 0 Å². The van der Waals surface area contributed by atoms with E-state index in [9.17, 15) is 0 Å². The van der Waals surface area contributed by atoms with Gasteiger partial charge in [0.1, 0.15) is 0 Å². The third-order valence-electron chi connectivity index (χ3n) is 2.82. The van der Waals surface area contributed by atoms with E-state index < -0.39 is 0 Å². The molecule has 1 aromatic heterocycles. The van der Waals surface area contributed by atoms with Gasteiger partial charge >= 0.3 is 0 Å². The zero-order chi connectivity index (χ0) is 12.1. The SMILES string of the molecule is CCn1ccnc1NC(C)Cc1ccccc1. The third-order valence-corrected chi connectivity index (χ3v) is 2.82. The molecule has 3 nitrogen and oxygen atoms in total. The number of nitrogens with zero attached hydrogens (tertiary/aromatic N) is 2. The monoisotopic (exact) mass is 229 g/mol. The maximum absolute atomic E-state index is 4.32. The first-order chi connectivity index (χ1) is 8.29. The van der Waals surface area contributed by atoms with Crippen LogP contribution in [0, 0.1) is 0 Å². The third kappa shape index (κ3) is 3.09. The summed E-state index contributed by atoms with van der Waals surface area (Å²) in [7, 11) is 0. The van der Waals surface area contributed by atoms with Gasteiger partial charge in [0, 0.05) is 25.0 Å². The molecule has 90 valence electrons. The number of hydrogen-bond acceptors (Lipinski definition) is 2. The lowest BCUT2D eigenvalue weighted by Gasteiger charge is -2.15. The number of hydrogen-bond donors (Lipinski definition) is 1. The van der Waals surface area contributed by atoms with Crippen LogP contribution in [0.4, 0.5) is 5.95 Å². The topological polar surface area (TPSA) is 29.9 Å². The van der Waals surface area contributed by atoms with E-state index in [0.717, 1.165) is 18.9 Å². The molecule has 1 aromatic carbocycles. The van der Waals surface area contributed by atoms with Crippen LogP contribution in [-0.2, 0) is 13.0 Å². The summed E-state index contributed by atoms with van der Waals surface area (Å²) in [6.45, 7) is 5.25. The molecule has 2 rings (SSSR count). The molecule has 17 heavy (non-hydrogen) atoms. The summed E-state index contributed by atoms with van der Waals surface area (Å²) < 4.78 is 2.11. The van der Waals surface area contributed by atoms with Gasteiger partial charge < -0.3 is 9.88 Å². The van der Waals surface area contributed by atoms with Crippen LogP contribution in [0.3, 0.4) is 0 Å². The highest BCUT2D eigenvalue weighted by Gasteiger charge is 2.06. The van der Waals surface area contributed by atoms with Gasteiger partial charge in [-0.15, -0.1) is 0 Å². The largest absolute Gasteiger partial charge is 0.353 e. The first kappa shape index (κ1) is 11.7. The summed E-state index contributed by atoms with van der Waals surface area (Å²) in [4.78, 5) is 4.32. The molecule has 0 aliphatic carbocycles. The minimum atomic E-state index is 0.380. The Kier molecular flexibility index (Phi) is 3.81. The minimum absolute atomic E-state index is 0.380. The van der Waals surface area contributed by atoms with E-state index in [1.54, 1.807) is 0 Å². The molecule has 3 heteroatoms. The summed E-state index contributed by atoms with van der Waals surface area (Å²) in [5, 5.41) is 3.44. The van der Waals surface area contributed by atoms with E-state index in [1.807, 2.05) is 18.5 Å². The first-order valence-electron chi connectivity index (χ1n) is 6.11. The molecule has 1 unspecified atom stereocenters. The summed E-state index contributed by atoms with van der Waals surface area (Å²) in [6, 6.07) is 10.9. The van der Waals surface area contributed by atoms with Gasteiger partial charge in [0.05, 0.1) is 0 Å². The summed E-state index contributed by atoms with van der Waals surface area (Å²) >= 11 is 0. The van der Waals surface area contributed by atoms with Crippen LogP contribution in [0.25, 0.3) is 0 Å². The smallest absolute Gasteiger partial charge is 0.202 e. The molecule has 0 aliphatic heterocycles. The summed E-state index contributed by atoms with van der Waals surface area (Å²) in [5.74, 6) is 0.955. The lowest BCUT2D eigenvalue weighted by molar-refractivity contribution is 0.723. The van der Waals surface area contributed by atoms with Gasteiger partial charge in [-0.2, -0.15) is 0 Å². The van der Waals surface area contributed by atoms with E-state index in [1.165, 1.54) is 5.56 Å². The van der Waals surface area contributed by atoms with Gasteiger partial charge in [0.2, 0.25) is 5.95 Å². The molecular formula is C14H19N3. The Morgan fingerprint density at radius 1 is 1.29 bits per heavy atom. The highest BCUT2D eigenvalue weighted by molar-refractivity contribution is 5.28. The van der Waals surface area contributed by atoms with Crippen molar-refractivity contribution in [1.82, 2.24) is 9.55 Å². The normalized spacial score (nSPS) is 12.4. The molecule has 2 aromatic rings.